The topological polar surface area (TPSA) is 76.7 Å². The predicted octanol–water partition coefficient (Wildman–Crippen LogP) is 5.26. The third-order valence-electron chi connectivity index (χ3n) is 5.20. The molecule has 6 nitrogen and oxygen atoms in total. The first-order chi connectivity index (χ1) is 15.7. The molecule has 0 unspecified atom stereocenters. The van der Waals surface area contributed by atoms with Crippen molar-refractivity contribution >= 4 is 23.2 Å². The molecule has 0 saturated carbocycles. The van der Waals surface area contributed by atoms with Crippen LogP contribution in [0.2, 0.25) is 0 Å². The minimum atomic E-state index is -0.282. The highest BCUT2D eigenvalue weighted by Crippen LogP contribution is 2.22. The van der Waals surface area contributed by atoms with Gasteiger partial charge in [0.1, 0.15) is 11.5 Å². The van der Waals surface area contributed by atoms with Crippen molar-refractivity contribution in [1.29, 1.82) is 0 Å². The molecule has 3 rings (SSSR count). The summed E-state index contributed by atoms with van der Waals surface area (Å²) in [6, 6.07) is 17.1. The Morgan fingerprint density at radius 1 is 0.636 bits per heavy atom. The van der Waals surface area contributed by atoms with E-state index in [1.54, 1.807) is 12.1 Å². The second-order valence-electron chi connectivity index (χ2n) is 8.24. The number of anilines is 2. The summed E-state index contributed by atoms with van der Waals surface area (Å²) in [6.45, 7) is 9.49. The Hall–Kier alpha value is -3.80. The zero-order valence-electron chi connectivity index (χ0n) is 19.7. The van der Waals surface area contributed by atoms with Gasteiger partial charge in [0.2, 0.25) is 0 Å². The van der Waals surface area contributed by atoms with E-state index >= 15 is 0 Å². The van der Waals surface area contributed by atoms with E-state index in [1.165, 1.54) is 0 Å². The van der Waals surface area contributed by atoms with Crippen molar-refractivity contribution in [3.05, 3.63) is 82.4 Å². The molecule has 2 amide bonds. The highest BCUT2D eigenvalue weighted by molar-refractivity contribution is 5.95. The standard InChI is InChI=1S/C27H30N2O4/c1-17-6-8-20(4)24(12-17)32-15-26(30)28-22-11-10-19(3)23(14-22)29-27(31)16-33-25-13-18(2)7-9-21(25)5/h6-14H,15-16H2,1-5H3,(H,28,30)(H,29,31). The van der Waals surface area contributed by atoms with Crippen LogP contribution in [0.5, 0.6) is 11.5 Å². The van der Waals surface area contributed by atoms with Crippen LogP contribution < -0.4 is 20.1 Å². The van der Waals surface area contributed by atoms with Crippen LogP contribution in [0.15, 0.2) is 54.6 Å². The summed E-state index contributed by atoms with van der Waals surface area (Å²) in [5.74, 6) is 0.814. The van der Waals surface area contributed by atoms with Crippen LogP contribution in [0.3, 0.4) is 0 Å². The first-order valence-electron chi connectivity index (χ1n) is 10.8. The molecule has 0 saturated heterocycles. The van der Waals surface area contributed by atoms with E-state index in [9.17, 15) is 9.59 Å². The average Bonchev–Trinajstić information content (AvgIpc) is 2.77. The van der Waals surface area contributed by atoms with Gasteiger partial charge in [-0.05, 0) is 86.7 Å². The molecule has 0 bridgehead atoms. The average molecular weight is 447 g/mol. The lowest BCUT2D eigenvalue weighted by Gasteiger charge is -2.14. The summed E-state index contributed by atoms with van der Waals surface area (Å²) in [6.07, 6.45) is 0. The molecule has 0 aliphatic heterocycles. The third-order valence-corrected chi connectivity index (χ3v) is 5.20. The van der Waals surface area contributed by atoms with Crippen LogP contribution in [0.25, 0.3) is 0 Å². The Kier molecular flexibility index (Phi) is 7.72. The van der Waals surface area contributed by atoms with Crippen molar-refractivity contribution in [3.63, 3.8) is 0 Å². The zero-order chi connectivity index (χ0) is 24.0. The maximum Gasteiger partial charge on any atom is 0.262 e. The normalized spacial score (nSPS) is 10.5. The molecule has 0 heterocycles. The van der Waals surface area contributed by atoms with Crippen molar-refractivity contribution in [2.45, 2.75) is 34.6 Å². The van der Waals surface area contributed by atoms with Crippen LogP contribution in [0, 0.1) is 34.6 Å². The Morgan fingerprint density at radius 3 is 1.67 bits per heavy atom. The molecule has 0 aromatic heterocycles. The highest BCUT2D eigenvalue weighted by atomic mass is 16.5. The number of carbonyl (C=O) groups excluding carboxylic acids is 2. The fourth-order valence-electron chi connectivity index (χ4n) is 3.23. The molecule has 0 radical (unpaired) electrons. The van der Waals surface area contributed by atoms with E-state index in [1.807, 2.05) is 77.1 Å². The first-order valence-corrected chi connectivity index (χ1v) is 10.8. The molecule has 172 valence electrons. The van der Waals surface area contributed by atoms with Crippen molar-refractivity contribution in [3.8, 4) is 11.5 Å². The van der Waals surface area contributed by atoms with Crippen LogP contribution in [0.4, 0.5) is 11.4 Å². The van der Waals surface area contributed by atoms with E-state index in [0.29, 0.717) is 22.9 Å². The molecule has 0 aliphatic rings. The van der Waals surface area contributed by atoms with E-state index in [0.717, 1.165) is 27.8 Å². The number of aryl methyl sites for hydroxylation is 5. The molecule has 3 aromatic rings. The summed E-state index contributed by atoms with van der Waals surface area (Å²) in [7, 11) is 0. The van der Waals surface area contributed by atoms with E-state index in [-0.39, 0.29) is 25.0 Å². The van der Waals surface area contributed by atoms with Gasteiger partial charge >= 0.3 is 0 Å². The van der Waals surface area contributed by atoms with Crippen molar-refractivity contribution in [2.75, 3.05) is 23.8 Å². The summed E-state index contributed by atoms with van der Waals surface area (Å²) in [4.78, 5) is 24.8. The minimum Gasteiger partial charge on any atom is -0.483 e. The molecule has 6 heteroatoms. The Labute approximate surface area is 194 Å². The lowest BCUT2D eigenvalue weighted by Crippen LogP contribution is -2.22. The summed E-state index contributed by atoms with van der Waals surface area (Å²) in [5, 5.41) is 5.67. The van der Waals surface area contributed by atoms with Gasteiger partial charge in [0, 0.05) is 11.4 Å². The number of rotatable bonds is 8. The number of hydrogen-bond donors (Lipinski definition) is 2. The first kappa shape index (κ1) is 23.9. The molecule has 0 aliphatic carbocycles. The van der Waals surface area contributed by atoms with Gasteiger partial charge in [-0.1, -0.05) is 30.3 Å². The molecule has 33 heavy (non-hydrogen) atoms. The molecule has 0 fully saturated rings. The fraction of sp³-hybridized carbons (Fsp3) is 0.259. The van der Waals surface area contributed by atoms with Gasteiger partial charge in [0.15, 0.2) is 13.2 Å². The number of benzene rings is 3. The number of amides is 2. The van der Waals surface area contributed by atoms with Crippen molar-refractivity contribution in [2.24, 2.45) is 0 Å². The largest absolute Gasteiger partial charge is 0.483 e. The van der Waals surface area contributed by atoms with Gasteiger partial charge in [-0.2, -0.15) is 0 Å². The lowest BCUT2D eigenvalue weighted by atomic mass is 10.1. The number of carbonyl (C=O) groups is 2. The number of nitrogens with one attached hydrogen (secondary N) is 2. The zero-order valence-corrected chi connectivity index (χ0v) is 19.7. The lowest BCUT2D eigenvalue weighted by molar-refractivity contribution is -0.118. The third kappa shape index (κ3) is 6.84. The maximum absolute atomic E-state index is 12.4. The molecule has 0 spiro atoms. The van der Waals surface area contributed by atoms with Crippen LogP contribution in [0.1, 0.15) is 27.8 Å². The molecular weight excluding hydrogens is 416 g/mol. The monoisotopic (exact) mass is 446 g/mol. The van der Waals surface area contributed by atoms with Gasteiger partial charge in [-0.15, -0.1) is 0 Å². The van der Waals surface area contributed by atoms with E-state index < -0.39 is 0 Å². The Morgan fingerprint density at radius 2 is 1.12 bits per heavy atom. The predicted molar refractivity (Wildman–Crippen MR) is 131 cm³/mol. The van der Waals surface area contributed by atoms with Crippen molar-refractivity contribution < 1.29 is 19.1 Å². The fourth-order valence-corrected chi connectivity index (χ4v) is 3.23. The van der Waals surface area contributed by atoms with E-state index in [2.05, 4.69) is 10.6 Å². The maximum atomic E-state index is 12.4. The molecule has 2 N–H and O–H groups in total. The smallest absolute Gasteiger partial charge is 0.262 e. The van der Waals surface area contributed by atoms with Crippen LogP contribution in [-0.2, 0) is 9.59 Å². The summed E-state index contributed by atoms with van der Waals surface area (Å²) < 4.78 is 11.3. The molecule has 3 aromatic carbocycles. The number of ether oxygens (including phenoxy) is 2. The second-order valence-corrected chi connectivity index (χ2v) is 8.24. The van der Waals surface area contributed by atoms with Gasteiger partial charge < -0.3 is 20.1 Å². The van der Waals surface area contributed by atoms with Crippen LogP contribution in [-0.4, -0.2) is 25.0 Å². The summed E-state index contributed by atoms with van der Waals surface area (Å²) in [5.41, 5.74) is 6.13. The second kappa shape index (κ2) is 10.7. The highest BCUT2D eigenvalue weighted by Gasteiger charge is 2.11. The van der Waals surface area contributed by atoms with Gasteiger partial charge in [0.05, 0.1) is 0 Å². The van der Waals surface area contributed by atoms with Crippen molar-refractivity contribution in [1.82, 2.24) is 0 Å². The quantitative estimate of drug-likeness (QED) is 0.495. The van der Waals surface area contributed by atoms with Crippen LogP contribution >= 0.6 is 0 Å². The van der Waals surface area contributed by atoms with Gasteiger partial charge in [-0.3, -0.25) is 9.59 Å². The SMILES string of the molecule is Cc1ccc(C)c(OCC(=O)Nc2ccc(C)c(NC(=O)COc3cc(C)ccc3C)c2)c1. The number of hydrogen-bond acceptors (Lipinski definition) is 4. The minimum absolute atomic E-state index is 0.107. The Balaban J connectivity index is 1.57. The van der Waals surface area contributed by atoms with Gasteiger partial charge in [-0.25, -0.2) is 0 Å². The Bertz CT molecular complexity index is 1170. The molecular formula is C27H30N2O4. The molecule has 0 atom stereocenters. The van der Waals surface area contributed by atoms with Gasteiger partial charge in [0.25, 0.3) is 11.8 Å². The summed E-state index contributed by atoms with van der Waals surface area (Å²) >= 11 is 0. The van der Waals surface area contributed by atoms with E-state index in [4.69, 9.17) is 9.47 Å².